The van der Waals surface area contributed by atoms with E-state index in [-0.39, 0.29) is 0 Å². The predicted molar refractivity (Wildman–Crippen MR) is 73.0 cm³/mol. The molecular formula is C14H17NO2S. The zero-order valence-corrected chi connectivity index (χ0v) is 11.6. The maximum atomic E-state index is 9.70. The second kappa shape index (κ2) is 5.50. The Hall–Kier alpha value is -1.39. The summed E-state index contributed by atoms with van der Waals surface area (Å²) in [6.45, 7) is 6.16. The van der Waals surface area contributed by atoms with Crippen LogP contribution in [0.2, 0.25) is 0 Å². The standard InChI is InChI=1S/C14H17NO2S/c1-9-4-5-12(11(3)16)13(6-9)17-7-14-15-10(2)8-18-14/h4-6,8,11,16H,7H2,1-3H3. The Kier molecular flexibility index (Phi) is 3.99. The van der Waals surface area contributed by atoms with Crippen LogP contribution >= 0.6 is 11.3 Å². The van der Waals surface area contributed by atoms with E-state index < -0.39 is 6.10 Å². The van der Waals surface area contributed by atoms with Gasteiger partial charge in [0.1, 0.15) is 17.4 Å². The highest BCUT2D eigenvalue weighted by atomic mass is 32.1. The highest BCUT2D eigenvalue weighted by Gasteiger charge is 2.10. The summed E-state index contributed by atoms with van der Waals surface area (Å²) in [7, 11) is 0. The number of thiazole rings is 1. The molecule has 96 valence electrons. The van der Waals surface area contributed by atoms with Gasteiger partial charge in [-0.1, -0.05) is 12.1 Å². The number of nitrogens with zero attached hydrogens (tertiary/aromatic N) is 1. The number of hydrogen-bond donors (Lipinski definition) is 1. The van der Waals surface area contributed by atoms with Gasteiger partial charge < -0.3 is 9.84 Å². The molecule has 0 bridgehead atoms. The number of rotatable bonds is 4. The zero-order valence-electron chi connectivity index (χ0n) is 10.8. The van der Waals surface area contributed by atoms with Gasteiger partial charge in [0.05, 0.1) is 6.10 Å². The minimum absolute atomic E-state index is 0.446. The molecule has 4 heteroatoms. The van der Waals surface area contributed by atoms with E-state index in [9.17, 15) is 5.11 Å². The van der Waals surface area contributed by atoms with Crippen LogP contribution in [0.25, 0.3) is 0 Å². The number of hydrogen-bond acceptors (Lipinski definition) is 4. The lowest BCUT2D eigenvalue weighted by atomic mass is 10.1. The summed E-state index contributed by atoms with van der Waals surface area (Å²) >= 11 is 1.59. The Morgan fingerprint density at radius 3 is 2.78 bits per heavy atom. The first-order chi connectivity index (χ1) is 8.56. The number of aromatic nitrogens is 1. The molecule has 2 aromatic rings. The van der Waals surface area contributed by atoms with Crippen LogP contribution in [-0.2, 0) is 6.61 Å². The van der Waals surface area contributed by atoms with E-state index in [0.29, 0.717) is 6.61 Å². The Morgan fingerprint density at radius 2 is 2.17 bits per heavy atom. The molecule has 1 unspecified atom stereocenters. The highest BCUT2D eigenvalue weighted by molar-refractivity contribution is 7.09. The van der Waals surface area contributed by atoms with Crippen LogP contribution in [0, 0.1) is 13.8 Å². The quantitative estimate of drug-likeness (QED) is 0.919. The largest absolute Gasteiger partial charge is 0.486 e. The molecule has 1 aromatic heterocycles. The first kappa shape index (κ1) is 13.1. The molecule has 0 saturated heterocycles. The van der Waals surface area contributed by atoms with Crippen molar-refractivity contribution in [3.05, 3.63) is 45.4 Å². The Labute approximate surface area is 111 Å². The highest BCUT2D eigenvalue weighted by Crippen LogP contribution is 2.27. The van der Waals surface area contributed by atoms with Crippen molar-refractivity contribution >= 4 is 11.3 Å². The summed E-state index contributed by atoms with van der Waals surface area (Å²) in [6.07, 6.45) is -0.529. The molecular weight excluding hydrogens is 246 g/mol. The molecule has 0 aliphatic rings. The molecule has 0 aliphatic carbocycles. The topological polar surface area (TPSA) is 42.4 Å². The molecule has 18 heavy (non-hydrogen) atoms. The second-order valence-electron chi connectivity index (χ2n) is 4.39. The summed E-state index contributed by atoms with van der Waals surface area (Å²) in [5.74, 6) is 0.734. The molecule has 0 amide bonds. The van der Waals surface area contributed by atoms with Gasteiger partial charge in [-0.2, -0.15) is 0 Å². The van der Waals surface area contributed by atoms with Gasteiger partial charge in [-0.15, -0.1) is 11.3 Å². The van der Waals surface area contributed by atoms with Crippen molar-refractivity contribution in [1.82, 2.24) is 4.98 Å². The van der Waals surface area contributed by atoms with Crippen LogP contribution in [0.4, 0.5) is 0 Å². The van der Waals surface area contributed by atoms with E-state index in [4.69, 9.17) is 4.74 Å². The molecule has 0 saturated carbocycles. The fourth-order valence-corrected chi connectivity index (χ4v) is 2.40. The van der Waals surface area contributed by atoms with Crippen LogP contribution in [0.1, 0.15) is 34.9 Å². The van der Waals surface area contributed by atoms with Crippen molar-refractivity contribution < 1.29 is 9.84 Å². The van der Waals surface area contributed by atoms with E-state index in [0.717, 1.165) is 27.6 Å². The number of aliphatic hydroxyl groups is 1. The van der Waals surface area contributed by atoms with Gasteiger partial charge in [0.2, 0.25) is 0 Å². The molecule has 1 atom stereocenters. The van der Waals surface area contributed by atoms with Crippen LogP contribution in [0.3, 0.4) is 0 Å². The normalized spacial score (nSPS) is 12.4. The van der Waals surface area contributed by atoms with Gasteiger partial charge in [-0.05, 0) is 32.4 Å². The molecule has 1 aromatic carbocycles. The van der Waals surface area contributed by atoms with Crippen molar-refractivity contribution in [1.29, 1.82) is 0 Å². The third-order valence-corrected chi connectivity index (χ3v) is 3.58. The SMILES string of the molecule is Cc1ccc(C(C)O)c(OCc2nc(C)cs2)c1. The van der Waals surface area contributed by atoms with E-state index in [1.165, 1.54) is 0 Å². The third kappa shape index (κ3) is 3.09. The van der Waals surface area contributed by atoms with Crippen molar-refractivity contribution in [2.45, 2.75) is 33.5 Å². The van der Waals surface area contributed by atoms with Crippen molar-refractivity contribution in [2.75, 3.05) is 0 Å². The van der Waals surface area contributed by atoms with Crippen LogP contribution < -0.4 is 4.74 Å². The summed E-state index contributed by atoms with van der Waals surface area (Å²) in [5, 5.41) is 12.7. The van der Waals surface area contributed by atoms with E-state index in [1.807, 2.05) is 37.4 Å². The maximum absolute atomic E-state index is 9.70. The lowest BCUT2D eigenvalue weighted by molar-refractivity contribution is 0.190. The van der Waals surface area contributed by atoms with Crippen LogP contribution in [0.15, 0.2) is 23.6 Å². The molecule has 0 fully saturated rings. The van der Waals surface area contributed by atoms with Crippen molar-refractivity contribution in [2.24, 2.45) is 0 Å². The molecule has 0 aliphatic heterocycles. The summed E-state index contributed by atoms with van der Waals surface area (Å²) < 4.78 is 5.77. The van der Waals surface area contributed by atoms with Gasteiger partial charge >= 0.3 is 0 Å². The van der Waals surface area contributed by atoms with E-state index in [1.54, 1.807) is 18.3 Å². The van der Waals surface area contributed by atoms with Gasteiger partial charge in [0, 0.05) is 16.6 Å². The Balaban J connectivity index is 2.15. The van der Waals surface area contributed by atoms with Crippen LogP contribution in [0.5, 0.6) is 5.75 Å². The summed E-state index contributed by atoms with van der Waals surface area (Å²) in [6, 6.07) is 5.83. The minimum Gasteiger partial charge on any atom is -0.486 e. The molecule has 1 heterocycles. The Morgan fingerprint density at radius 1 is 1.39 bits per heavy atom. The third-order valence-electron chi connectivity index (χ3n) is 2.64. The molecule has 2 rings (SSSR count). The molecule has 0 spiro atoms. The number of benzene rings is 1. The number of ether oxygens (including phenoxy) is 1. The average molecular weight is 263 g/mol. The minimum atomic E-state index is -0.529. The van der Waals surface area contributed by atoms with Crippen LogP contribution in [-0.4, -0.2) is 10.1 Å². The van der Waals surface area contributed by atoms with E-state index in [2.05, 4.69) is 4.98 Å². The zero-order chi connectivity index (χ0) is 13.1. The van der Waals surface area contributed by atoms with Gasteiger partial charge in [-0.3, -0.25) is 0 Å². The lowest BCUT2D eigenvalue weighted by Crippen LogP contribution is -2.01. The molecule has 1 N–H and O–H groups in total. The summed E-state index contributed by atoms with van der Waals surface area (Å²) in [5.41, 5.74) is 2.94. The van der Waals surface area contributed by atoms with Gasteiger partial charge in [0.25, 0.3) is 0 Å². The van der Waals surface area contributed by atoms with Crippen molar-refractivity contribution in [3.63, 3.8) is 0 Å². The predicted octanol–water partition coefficient (Wildman–Crippen LogP) is 3.39. The second-order valence-corrected chi connectivity index (χ2v) is 5.33. The average Bonchev–Trinajstić information content (AvgIpc) is 2.72. The first-order valence-corrected chi connectivity index (χ1v) is 6.76. The summed E-state index contributed by atoms with van der Waals surface area (Å²) in [4.78, 5) is 4.35. The van der Waals surface area contributed by atoms with Gasteiger partial charge in [0.15, 0.2) is 0 Å². The van der Waals surface area contributed by atoms with E-state index >= 15 is 0 Å². The Bertz CT molecular complexity index is 534. The van der Waals surface area contributed by atoms with Gasteiger partial charge in [-0.25, -0.2) is 4.98 Å². The van der Waals surface area contributed by atoms with Crippen molar-refractivity contribution in [3.8, 4) is 5.75 Å². The molecule has 3 nitrogen and oxygen atoms in total. The fraction of sp³-hybridized carbons (Fsp3) is 0.357. The maximum Gasteiger partial charge on any atom is 0.140 e. The smallest absolute Gasteiger partial charge is 0.140 e. The first-order valence-electron chi connectivity index (χ1n) is 5.88. The molecule has 0 radical (unpaired) electrons. The number of aryl methyl sites for hydroxylation is 2. The lowest BCUT2D eigenvalue weighted by Gasteiger charge is -2.13. The number of aliphatic hydroxyl groups excluding tert-OH is 1. The monoisotopic (exact) mass is 263 g/mol. The fourth-order valence-electron chi connectivity index (χ4n) is 1.72.